The van der Waals surface area contributed by atoms with Gasteiger partial charge in [-0.2, -0.15) is 0 Å². The Hall–Kier alpha value is -0.120. The largest absolute Gasteiger partial charge is 0.313 e. The molecule has 1 aliphatic rings. The summed E-state index contributed by atoms with van der Waals surface area (Å²) >= 11 is 0. The van der Waals surface area contributed by atoms with Gasteiger partial charge in [0, 0.05) is 45.3 Å². The minimum atomic E-state index is 0.645. The number of nitrogens with one attached hydrogen (secondary N) is 1. The van der Waals surface area contributed by atoms with Crippen LogP contribution < -0.4 is 5.32 Å². The zero-order valence-electron chi connectivity index (χ0n) is 13.1. The third-order valence-corrected chi connectivity index (χ3v) is 3.81. The maximum absolute atomic E-state index is 3.62. The molecule has 0 aliphatic carbocycles. The average molecular weight is 255 g/mol. The van der Waals surface area contributed by atoms with Gasteiger partial charge in [-0.25, -0.2) is 0 Å². The molecule has 0 aromatic carbocycles. The van der Waals surface area contributed by atoms with E-state index >= 15 is 0 Å². The van der Waals surface area contributed by atoms with Crippen LogP contribution in [0.2, 0.25) is 0 Å². The van der Waals surface area contributed by atoms with Crippen molar-refractivity contribution < 1.29 is 0 Å². The number of hydrogen-bond acceptors (Lipinski definition) is 3. The summed E-state index contributed by atoms with van der Waals surface area (Å²) < 4.78 is 0. The highest BCUT2D eigenvalue weighted by Gasteiger charge is 2.21. The van der Waals surface area contributed by atoms with Gasteiger partial charge in [-0.15, -0.1) is 0 Å². The number of likely N-dealkylation sites (N-methyl/N-ethyl adjacent to an activating group) is 1. The molecule has 18 heavy (non-hydrogen) atoms. The van der Waals surface area contributed by atoms with E-state index in [-0.39, 0.29) is 0 Å². The van der Waals surface area contributed by atoms with Crippen LogP contribution >= 0.6 is 0 Å². The summed E-state index contributed by atoms with van der Waals surface area (Å²) in [6, 6.07) is 0.645. The molecule has 1 rings (SSSR count). The fourth-order valence-corrected chi connectivity index (χ4v) is 2.72. The van der Waals surface area contributed by atoms with Gasteiger partial charge < -0.3 is 10.2 Å². The molecule has 1 atom stereocenters. The van der Waals surface area contributed by atoms with Crippen molar-refractivity contribution in [1.82, 2.24) is 15.1 Å². The standard InChI is InChI=1S/C15H33N3/c1-6-16-15(14(4)5)12-18-9-7-17(8-10-18)11-13(2)3/h13-16H,6-12H2,1-5H3. The van der Waals surface area contributed by atoms with Gasteiger partial charge in [-0.3, -0.25) is 4.90 Å². The summed E-state index contributed by atoms with van der Waals surface area (Å²) in [5.41, 5.74) is 0. The molecule has 1 saturated heterocycles. The minimum Gasteiger partial charge on any atom is -0.313 e. The monoisotopic (exact) mass is 255 g/mol. The smallest absolute Gasteiger partial charge is 0.0217 e. The Morgan fingerprint density at radius 1 is 0.889 bits per heavy atom. The molecule has 1 aliphatic heterocycles. The lowest BCUT2D eigenvalue weighted by Gasteiger charge is -2.38. The molecule has 1 fully saturated rings. The first kappa shape index (κ1) is 15.9. The van der Waals surface area contributed by atoms with Crippen LogP contribution in [0.15, 0.2) is 0 Å². The first-order chi connectivity index (χ1) is 8.52. The Kier molecular flexibility index (Phi) is 7.20. The summed E-state index contributed by atoms with van der Waals surface area (Å²) in [5, 5.41) is 3.62. The van der Waals surface area contributed by atoms with Gasteiger partial charge in [0.1, 0.15) is 0 Å². The zero-order chi connectivity index (χ0) is 13.5. The molecule has 0 aromatic heterocycles. The average Bonchev–Trinajstić information content (AvgIpc) is 2.30. The molecule has 108 valence electrons. The topological polar surface area (TPSA) is 18.5 Å². The van der Waals surface area contributed by atoms with Crippen molar-refractivity contribution in [1.29, 1.82) is 0 Å². The van der Waals surface area contributed by atoms with E-state index in [9.17, 15) is 0 Å². The van der Waals surface area contributed by atoms with E-state index in [0.717, 1.165) is 18.4 Å². The van der Waals surface area contributed by atoms with E-state index in [1.165, 1.54) is 39.3 Å². The SMILES string of the molecule is CCNC(CN1CCN(CC(C)C)CC1)C(C)C. The van der Waals surface area contributed by atoms with Gasteiger partial charge in [0.25, 0.3) is 0 Å². The zero-order valence-corrected chi connectivity index (χ0v) is 13.1. The quantitative estimate of drug-likeness (QED) is 0.749. The molecular formula is C15H33N3. The van der Waals surface area contributed by atoms with E-state index in [1.54, 1.807) is 0 Å². The van der Waals surface area contributed by atoms with Crippen molar-refractivity contribution in [3.8, 4) is 0 Å². The van der Waals surface area contributed by atoms with Crippen molar-refractivity contribution in [2.24, 2.45) is 11.8 Å². The first-order valence-corrected chi connectivity index (χ1v) is 7.71. The molecule has 0 aromatic rings. The molecule has 0 saturated carbocycles. The van der Waals surface area contributed by atoms with Crippen molar-refractivity contribution in [3.05, 3.63) is 0 Å². The number of nitrogens with zero attached hydrogens (tertiary/aromatic N) is 2. The van der Waals surface area contributed by atoms with Gasteiger partial charge in [0.05, 0.1) is 0 Å². The van der Waals surface area contributed by atoms with Crippen LogP contribution in [-0.4, -0.2) is 61.7 Å². The molecule has 0 radical (unpaired) electrons. The summed E-state index contributed by atoms with van der Waals surface area (Å²) in [5.74, 6) is 1.51. The van der Waals surface area contributed by atoms with Crippen molar-refractivity contribution in [2.45, 2.75) is 40.7 Å². The second-order valence-corrected chi connectivity index (χ2v) is 6.40. The molecule has 0 bridgehead atoms. The van der Waals surface area contributed by atoms with Crippen LogP contribution in [0.25, 0.3) is 0 Å². The van der Waals surface area contributed by atoms with Crippen LogP contribution in [0, 0.1) is 11.8 Å². The maximum atomic E-state index is 3.62. The predicted molar refractivity (Wildman–Crippen MR) is 80.0 cm³/mol. The first-order valence-electron chi connectivity index (χ1n) is 7.71. The third kappa shape index (κ3) is 5.68. The van der Waals surface area contributed by atoms with Crippen LogP contribution in [0.1, 0.15) is 34.6 Å². The Morgan fingerprint density at radius 2 is 1.39 bits per heavy atom. The lowest BCUT2D eigenvalue weighted by atomic mass is 10.0. The minimum absolute atomic E-state index is 0.645. The van der Waals surface area contributed by atoms with E-state index in [4.69, 9.17) is 0 Å². The van der Waals surface area contributed by atoms with Gasteiger partial charge >= 0.3 is 0 Å². The molecular weight excluding hydrogens is 222 g/mol. The highest BCUT2D eigenvalue weighted by Crippen LogP contribution is 2.09. The third-order valence-electron chi connectivity index (χ3n) is 3.81. The summed E-state index contributed by atoms with van der Waals surface area (Å²) in [4.78, 5) is 5.24. The fourth-order valence-electron chi connectivity index (χ4n) is 2.72. The molecule has 0 amide bonds. The van der Waals surface area contributed by atoms with Gasteiger partial charge in [-0.05, 0) is 18.4 Å². The Balaban J connectivity index is 2.29. The second-order valence-electron chi connectivity index (χ2n) is 6.40. The summed E-state index contributed by atoms with van der Waals surface area (Å²) in [6.45, 7) is 20.0. The lowest BCUT2D eigenvalue weighted by Crippen LogP contribution is -2.52. The van der Waals surface area contributed by atoms with Gasteiger partial charge in [-0.1, -0.05) is 34.6 Å². The van der Waals surface area contributed by atoms with Gasteiger partial charge in [0.15, 0.2) is 0 Å². The van der Waals surface area contributed by atoms with E-state index in [2.05, 4.69) is 49.7 Å². The fraction of sp³-hybridized carbons (Fsp3) is 1.00. The normalized spacial score (nSPS) is 20.8. The Labute approximate surface area is 114 Å². The van der Waals surface area contributed by atoms with E-state index in [1.807, 2.05) is 0 Å². The number of rotatable bonds is 7. The maximum Gasteiger partial charge on any atom is 0.0217 e. The summed E-state index contributed by atoms with van der Waals surface area (Å²) in [7, 11) is 0. The lowest BCUT2D eigenvalue weighted by molar-refractivity contribution is 0.108. The van der Waals surface area contributed by atoms with Crippen LogP contribution in [0.3, 0.4) is 0 Å². The molecule has 1 heterocycles. The number of piperazine rings is 1. The molecule has 3 heteroatoms. The van der Waals surface area contributed by atoms with E-state index < -0.39 is 0 Å². The highest BCUT2D eigenvalue weighted by molar-refractivity contribution is 4.79. The number of hydrogen-bond donors (Lipinski definition) is 1. The molecule has 0 spiro atoms. The van der Waals surface area contributed by atoms with Crippen molar-refractivity contribution in [2.75, 3.05) is 45.8 Å². The predicted octanol–water partition coefficient (Wildman–Crippen LogP) is 1.89. The van der Waals surface area contributed by atoms with E-state index in [0.29, 0.717) is 6.04 Å². The Morgan fingerprint density at radius 3 is 1.78 bits per heavy atom. The van der Waals surface area contributed by atoms with Gasteiger partial charge in [0.2, 0.25) is 0 Å². The Bertz CT molecular complexity index is 208. The van der Waals surface area contributed by atoms with Crippen LogP contribution in [-0.2, 0) is 0 Å². The highest BCUT2D eigenvalue weighted by atomic mass is 15.3. The molecule has 1 N–H and O–H groups in total. The van der Waals surface area contributed by atoms with Crippen molar-refractivity contribution in [3.63, 3.8) is 0 Å². The summed E-state index contributed by atoms with van der Waals surface area (Å²) in [6.07, 6.45) is 0. The van der Waals surface area contributed by atoms with Crippen LogP contribution in [0.4, 0.5) is 0 Å². The van der Waals surface area contributed by atoms with Crippen LogP contribution in [0.5, 0.6) is 0 Å². The van der Waals surface area contributed by atoms with Crippen molar-refractivity contribution >= 4 is 0 Å². The molecule has 1 unspecified atom stereocenters. The second kappa shape index (κ2) is 8.13. The molecule has 3 nitrogen and oxygen atoms in total.